The second-order valence-electron chi connectivity index (χ2n) is 8.39. The SMILES string of the molecule is CCCCCCOc1ccc(C(=O)Nc2ccc3oc(-c4ccc(C)c(C)c4)nc3c2)cc1. The van der Waals surface area contributed by atoms with Crippen molar-refractivity contribution in [1.29, 1.82) is 0 Å². The molecular weight excluding hydrogens is 412 g/mol. The van der Waals surface area contributed by atoms with Gasteiger partial charge < -0.3 is 14.5 Å². The number of rotatable bonds is 9. The van der Waals surface area contributed by atoms with Gasteiger partial charge in [0.05, 0.1) is 6.61 Å². The summed E-state index contributed by atoms with van der Waals surface area (Å²) in [6, 6.07) is 18.9. The molecule has 3 aromatic carbocycles. The third-order valence-corrected chi connectivity index (χ3v) is 5.78. The van der Waals surface area contributed by atoms with E-state index in [0.29, 0.717) is 34.8 Å². The fourth-order valence-electron chi connectivity index (χ4n) is 3.63. The van der Waals surface area contributed by atoms with Crippen molar-refractivity contribution in [3.8, 4) is 17.2 Å². The minimum Gasteiger partial charge on any atom is -0.494 e. The number of benzene rings is 3. The highest BCUT2D eigenvalue weighted by molar-refractivity contribution is 6.05. The number of aryl methyl sites for hydroxylation is 2. The van der Waals surface area contributed by atoms with Gasteiger partial charge in [-0.1, -0.05) is 32.3 Å². The van der Waals surface area contributed by atoms with E-state index in [4.69, 9.17) is 9.15 Å². The first-order valence-corrected chi connectivity index (χ1v) is 11.6. The van der Waals surface area contributed by atoms with Gasteiger partial charge in [0.1, 0.15) is 11.3 Å². The Morgan fingerprint density at radius 3 is 2.52 bits per heavy atom. The van der Waals surface area contributed by atoms with Crippen LogP contribution in [0.5, 0.6) is 5.75 Å². The van der Waals surface area contributed by atoms with Crippen molar-refractivity contribution in [3.63, 3.8) is 0 Å². The molecule has 5 nitrogen and oxygen atoms in total. The van der Waals surface area contributed by atoms with Crippen LogP contribution in [0, 0.1) is 13.8 Å². The molecule has 4 rings (SSSR count). The van der Waals surface area contributed by atoms with E-state index in [1.165, 1.54) is 30.4 Å². The van der Waals surface area contributed by atoms with Gasteiger partial charge in [-0.25, -0.2) is 4.98 Å². The zero-order valence-corrected chi connectivity index (χ0v) is 19.5. The summed E-state index contributed by atoms with van der Waals surface area (Å²) < 4.78 is 11.7. The minimum absolute atomic E-state index is 0.179. The third-order valence-electron chi connectivity index (χ3n) is 5.78. The maximum atomic E-state index is 12.7. The molecule has 0 radical (unpaired) electrons. The van der Waals surface area contributed by atoms with Gasteiger partial charge in [0.2, 0.25) is 5.89 Å². The van der Waals surface area contributed by atoms with Gasteiger partial charge >= 0.3 is 0 Å². The average molecular weight is 443 g/mol. The van der Waals surface area contributed by atoms with Gasteiger partial charge in [0.15, 0.2) is 5.58 Å². The molecule has 0 saturated carbocycles. The quantitative estimate of drug-likeness (QED) is 0.276. The van der Waals surface area contributed by atoms with Crippen molar-refractivity contribution in [3.05, 3.63) is 77.4 Å². The second kappa shape index (κ2) is 10.3. The molecule has 33 heavy (non-hydrogen) atoms. The molecule has 170 valence electrons. The van der Waals surface area contributed by atoms with E-state index < -0.39 is 0 Å². The van der Waals surface area contributed by atoms with Crippen molar-refractivity contribution < 1.29 is 13.9 Å². The summed E-state index contributed by atoms with van der Waals surface area (Å²) >= 11 is 0. The summed E-state index contributed by atoms with van der Waals surface area (Å²) in [4.78, 5) is 17.3. The van der Waals surface area contributed by atoms with E-state index in [2.05, 4.69) is 43.2 Å². The number of carbonyl (C=O) groups excluding carboxylic acids is 1. The fraction of sp³-hybridized carbons (Fsp3) is 0.286. The van der Waals surface area contributed by atoms with E-state index in [1.807, 2.05) is 36.4 Å². The number of fused-ring (bicyclic) bond motifs is 1. The molecule has 0 bridgehead atoms. The van der Waals surface area contributed by atoms with Gasteiger partial charge in [0.25, 0.3) is 5.91 Å². The summed E-state index contributed by atoms with van der Waals surface area (Å²) in [5.41, 5.74) is 5.98. The molecule has 0 fully saturated rings. The lowest BCUT2D eigenvalue weighted by Crippen LogP contribution is -2.11. The molecule has 1 N–H and O–H groups in total. The Bertz CT molecular complexity index is 1240. The Morgan fingerprint density at radius 1 is 0.939 bits per heavy atom. The molecular formula is C28H30N2O3. The van der Waals surface area contributed by atoms with Crippen LogP contribution in [0.2, 0.25) is 0 Å². The Kier molecular flexibility index (Phi) is 7.08. The summed E-state index contributed by atoms with van der Waals surface area (Å²) in [7, 11) is 0. The Labute approximate surface area is 194 Å². The molecule has 0 aliphatic heterocycles. The standard InChI is InChI=1S/C28H30N2O3/c1-4-5-6-7-16-32-24-13-10-21(11-14-24)27(31)29-23-12-15-26-25(18-23)30-28(33-26)22-9-8-19(2)20(3)17-22/h8-15,17-18H,4-7,16H2,1-3H3,(H,29,31). The Morgan fingerprint density at radius 2 is 1.76 bits per heavy atom. The normalized spacial score (nSPS) is 11.0. The van der Waals surface area contributed by atoms with Crippen LogP contribution in [-0.4, -0.2) is 17.5 Å². The van der Waals surface area contributed by atoms with E-state index in [1.54, 1.807) is 12.1 Å². The van der Waals surface area contributed by atoms with Crippen molar-refractivity contribution in [2.24, 2.45) is 0 Å². The van der Waals surface area contributed by atoms with Gasteiger partial charge in [-0.05, 0) is 86.0 Å². The number of carbonyl (C=O) groups is 1. The number of ether oxygens (including phenoxy) is 1. The van der Waals surface area contributed by atoms with Crippen LogP contribution in [0.3, 0.4) is 0 Å². The van der Waals surface area contributed by atoms with Crippen LogP contribution >= 0.6 is 0 Å². The van der Waals surface area contributed by atoms with Gasteiger partial charge in [-0.3, -0.25) is 4.79 Å². The molecule has 0 atom stereocenters. The monoisotopic (exact) mass is 442 g/mol. The van der Waals surface area contributed by atoms with Crippen LogP contribution < -0.4 is 10.1 Å². The van der Waals surface area contributed by atoms with Crippen LogP contribution in [0.15, 0.2) is 65.1 Å². The van der Waals surface area contributed by atoms with Crippen LogP contribution in [0.1, 0.15) is 54.1 Å². The number of hydrogen-bond acceptors (Lipinski definition) is 4. The van der Waals surface area contributed by atoms with Crippen LogP contribution in [0.4, 0.5) is 5.69 Å². The number of hydrogen-bond donors (Lipinski definition) is 1. The first-order valence-electron chi connectivity index (χ1n) is 11.6. The zero-order chi connectivity index (χ0) is 23.2. The number of amides is 1. The molecule has 0 spiro atoms. The maximum Gasteiger partial charge on any atom is 0.255 e. The molecule has 0 unspecified atom stereocenters. The lowest BCUT2D eigenvalue weighted by molar-refractivity contribution is 0.102. The second-order valence-corrected chi connectivity index (χ2v) is 8.39. The molecule has 0 saturated heterocycles. The van der Waals surface area contributed by atoms with E-state index in [9.17, 15) is 4.79 Å². The highest BCUT2D eigenvalue weighted by Gasteiger charge is 2.12. The van der Waals surface area contributed by atoms with E-state index in [-0.39, 0.29) is 5.91 Å². The van der Waals surface area contributed by atoms with Gasteiger partial charge in [0, 0.05) is 16.8 Å². The maximum absolute atomic E-state index is 12.7. The predicted molar refractivity (Wildman–Crippen MR) is 133 cm³/mol. The minimum atomic E-state index is -0.179. The lowest BCUT2D eigenvalue weighted by Gasteiger charge is -2.08. The summed E-state index contributed by atoms with van der Waals surface area (Å²) in [6.45, 7) is 7.04. The van der Waals surface area contributed by atoms with Crippen molar-refractivity contribution in [2.75, 3.05) is 11.9 Å². The number of nitrogens with one attached hydrogen (secondary N) is 1. The number of unbranched alkanes of at least 4 members (excludes halogenated alkanes) is 3. The third kappa shape index (κ3) is 5.61. The summed E-state index contributed by atoms with van der Waals surface area (Å²) in [6.07, 6.45) is 4.67. The Balaban J connectivity index is 1.41. The topological polar surface area (TPSA) is 64.4 Å². The highest BCUT2D eigenvalue weighted by atomic mass is 16.5. The molecule has 1 amide bonds. The van der Waals surface area contributed by atoms with Crippen molar-refractivity contribution in [1.82, 2.24) is 4.98 Å². The number of nitrogens with zero attached hydrogens (tertiary/aromatic N) is 1. The molecule has 1 heterocycles. The zero-order valence-electron chi connectivity index (χ0n) is 19.5. The first-order chi connectivity index (χ1) is 16.0. The summed E-state index contributed by atoms with van der Waals surface area (Å²) in [5.74, 6) is 1.18. The van der Waals surface area contributed by atoms with Gasteiger partial charge in [-0.2, -0.15) is 0 Å². The molecule has 0 aliphatic rings. The number of aromatic nitrogens is 1. The number of oxazole rings is 1. The van der Waals surface area contributed by atoms with E-state index >= 15 is 0 Å². The van der Waals surface area contributed by atoms with Crippen LogP contribution in [0.25, 0.3) is 22.6 Å². The fourth-order valence-corrected chi connectivity index (χ4v) is 3.63. The Hall–Kier alpha value is -3.60. The highest BCUT2D eigenvalue weighted by Crippen LogP contribution is 2.27. The molecule has 1 aromatic heterocycles. The van der Waals surface area contributed by atoms with Crippen LogP contribution in [-0.2, 0) is 0 Å². The molecule has 5 heteroatoms. The molecule has 4 aromatic rings. The molecule has 0 aliphatic carbocycles. The van der Waals surface area contributed by atoms with Gasteiger partial charge in [-0.15, -0.1) is 0 Å². The smallest absolute Gasteiger partial charge is 0.255 e. The van der Waals surface area contributed by atoms with E-state index in [0.717, 1.165) is 17.7 Å². The largest absolute Gasteiger partial charge is 0.494 e. The van der Waals surface area contributed by atoms with Crippen molar-refractivity contribution in [2.45, 2.75) is 46.5 Å². The van der Waals surface area contributed by atoms with Crippen molar-refractivity contribution >= 4 is 22.7 Å². The predicted octanol–water partition coefficient (Wildman–Crippen LogP) is 7.32. The summed E-state index contributed by atoms with van der Waals surface area (Å²) in [5, 5.41) is 2.94. The first kappa shape index (κ1) is 22.6. The number of anilines is 1. The lowest BCUT2D eigenvalue weighted by atomic mass is 10.1. The average Bonchev–Trinajstić information content (AvgIpc) is 3.24.